The van der Waals surface area contributed by atoms with E-state index < -0.39 is 0 Å². The second kappa shape index (κ2) is 10.5. The van der Waals surface area contributed by atoms with Crippen LogP contribution in [0.4, 0.5) is 0 Å². The van der Waals surface area contributed by atoms with E-state index in [9.17, 15) is 0 Å². The van der Waals surface area contributed by atoms with Crippen LogP contribution in [0.25, 0.3) is 22.3 Å². The molecule has 4 heteroatoms. The predicted octanol–water partition coefficient (Wildman–Crippen LogP) is 4.54. The molecule has 3 aromatic rings. The van der Waals surface area contributed by atoms with E-state index in [4.69, 9.17) is 19.7 Å². The van der Waals surface area contributed by atoms with Crippen molar-refractivity contribution < 1.29 is 19.7 Å². The summed E-state index contributed by atoms with van der Waals surface area (Å²) in [4.78, 5) is 0. The number of hydrogen-bond acceptors (Lipinski definition) is 4. The molecule has 0 heterocycles. The molecule has 0 bridgehead atoms. The molecule has 3 aromatic carbocycles. The first-order valence-electron chi connectivity index (χ1n) is 9.59. The quantitative estimate of drug-likeness (QED) is 0.509. The van der Waals surface area contributed by atoms with E-state index in [1.807, 2.05) is 72.8 Å². The minimum absolute atomic E-state index is 0.0918. The number of rotatable bonds is 10. The lowest BCUT2D eigenvalue weighted by molar-refractivity contribution is 0.231. The van der Waals surface area contributed by atoms with Gasteiger partial charge in [0.2, 0.25) is 0 Å². The average Bonchev–Trinajstić information content (AvgIpc) is 2.76. The van der Waals surface area contributed by atoms with Crippen LogP contribution >= 0.6 is 0 Å². The van der Waals surface area contributed by atoms with Crippen molar-refractivity contribution in [2.75, 3.05) is 26.4 Å². The fourth-order valence-electron chi connectivity index (χ4n) is 2.98. The predicted molar refractivity (Wildman–Crippen MR) is 112 cm³/mol. The Balaban J connectivity index is 2.07. The third-order valence-electron chi connectivity index (χ3n) is 4.37. The third kappa shape index (κ3) is 5.12. The van der Waals surface area contributed by atoms with Crippen molar-refractivity contribution in [2.45, 2.75) is 12.8 Å². The van der Waals surface area contributed by atoms with Crippen molar-refractivity contribution in [1.82, 2.24) is 0 Å². The number of aliphatic hydroxyl groups is 2. The Morgan fingerprint density at radius 1 is 0.571 bits per heavy atom. The molecular weight excluding hydrogens is 352 g/mol. The van der Waals surface area contributed by atoms with Crippen LogP contribution < -0.4 is 9.47 Å². The van der Waals surface area contributed by atoms with Crippen molar-refractivity contribution >= 4 is 0 Å². The molecule has 0 aliphatic rings. The number of benzene rings is 3. The normalized spacial score (nSPS) is 10.6. The van der Waals surface area contributed by atoms with Crippen LogP contribution in [0.3, 0.4) is 0 Å². The van der Waals surface area contributed by atoms with Crippen molar-refractivity contribution in [3.63, 3.8) is 0 Å². The minimum atomic E-state index is 0.0918. The molecule has 0 amide bonds. The highest BCUT2D eigenvalue weighted by Gasteiger charge is 2.15. The second-order valence-corrected chi connectivity index (χ2v) is 6.43. The van der Waals surface area contributed by atoms with E-state index in [0.29, 0.717) is 26.1 Å². The highest BCUT2D eigenvalue weighted by molar-refractivity contribution is 5.81. The number of aliphatic hydroxyl groups excluding tert-OH is 2. The monoisotopic (exact) mass is 378 g/mol. The zero-order valence-corrected chi connectivity index (χ0v) is 15.9. The van der Waals surface area contributed by atoms with Gasteiger partial charge >= 0.3 is 0 Å². The summed E-state index contributed by atoms with van der Waals surface area (Å²) in [7, 11) is 0. The summed E-state index contributed by atoms with van der Waals surface area (Å²) in [6.07, 6.45) is 1.15. The average molecular weight is 378 g/mol. The molecule has 0 aromatic heterocycles. The van der Waals surface area contributed by atoms with Crippen molar-refractivity contribution in [1.29, 1.82) is 0 Å². The summed E-state index contributed by atoms with van der Waals surface area (Å²) in [5.74, 6) is 1.51. The van der Waals surface area contributed by atoms with Gasteiger partial charge in [0.15, 0.2) is 0 Å². The molecule has 0 aliphatic carbocycles. The molecule has 28 heavy (non-hydrogen) atoms. The minimum Gasteiger partial charge on any atom is -0.493 e. The van der Waals surface area contributed by atoms with Gasteiger partial charge in [0.05, 0.1) is 13.2 Å². The Labute approximate surface area is 166 Å². The molecular formula is C24H26O4. The molecule has 0 unspecified atom stereocenters. The number of hydrogen-bond donors (Lipinski definition) is 2. The van der Waals surface area contributed by atoms with Gasteiger partial charge in [-0.15, -0.1) is 0 Å². The Hall–Kier alpha value is -2.82. The molecule has 0 fully saturated rings. The van der Waals surface area contributed by atoms with Crippen LogP contribution in [0.5, 0.6) is 11.5 Å². The maximum atomic E-state index is 9.11. The topological polar surface area (TPSA) is 58.9 Å². The Morgan fingerprint density at radius 3 is 1.32 bits per heavy atom. The molecule has 0 saturated carbocycles. The Bertz CT molecular complexity index is 774. The van der Waals surface area contributed by atoms with Gasteiger partial charge in [-0.25, -0.2) is 0 Å². The van der Waals surface area contributed by atoms with Crippen molar-refractivity contribution in [3.05, 3.63) is 72.8 Å². The van der Waals surface area contributed by atoms with Gasteiger partial charge < -0.3 is 19.7 Å². The van der Waals surface area contributed by atoms with Crippen LogP contribution in [0.1, 0.15) is 12.8 Å². The summed E-state index contributed by atoms with van der Waals surface area (Å²) in [5.41, 5.74) is 3.95. The van der Waals surface area contributed by atoms with Gasteiger partial charge in [0, 0.05) is 37.2 Å². The zero-order chi connectivity index (χ0) is 19.6. The first-order valence-corrected chi connectivity index (χ1v) is 9.59. The van der Waals surface area contributed by atoms with Gasteiger partial charge in [-0.3, -0.25) is 0 Å². The highest BCUT2D eigenvalue weighted by Crippen LogP contribution is 2.41. The zero-order valence-electron chi connectivity index (χ0n) is 15.9. The van der Waals surface area contributed by atoms with Gasteiger partial charge in [0.25, 0.3) is 0 Å². The van der Waals surface area contributed by atoms with Gasteiger partial charge in [-0.05, 0) is 23.3 Å². The van der Waals surface area contributed by atoms with Gasteiger partial charge in [0.1, 0.15) is 11.5 Å². The van der Waals surface area contributed by atoms with Crippen molar-refractivity contribution in [2.24, 2.45) is 0 Å². The molecule has 146 valence electrons. The second-order valence-electron chi connectivity index (χ2n) is 6.43. The first-order chi connectivity index (χ1) is 13.8. The lowest BCUT2D eigenvalue weighted by atomic mass is 9.98. The largest absolute Gasteiger partial charge is 0.493 e. The van der Waals surface area contributed by atoms with E-state index in [1.54, 1.807) is 0 Å². The van der Waals surface area contributed by atoms with E-state index in [2.05, 4.69) is 0 Å². The van der Waals surface area contributed by atoms with Crippen LogP contribution in [0.15, 0.2) is 72.8 Å². The summed E-state index contributed by atoms with van der Waals surface area (Å²) in [6.45, 7) is 1.06. The molecule has 0 atom stereocenters. The van der Waals surface area contributed by atoms with E-state index in [0.717, 1.165) is 33.8 Å². The lowest BCUT2D eigenvalue weighted by Gasteiger charge is -2.18. The molecule has 4 nitrogen and oxygen atoms in total. The van der Waals surface area contributed by atoms with Crippen LogP contribution in [-0.2, 0) is 0 Å². The molecule has 2 N–H and O–H groups in total. The fourth-order valence-corrected chi connectivity index (χ4v) is 2.98. The summed E-state index contributed by atoms with van der Waals surface area (Å²) in [6, 6.07) is 24.1. The van der Waals surface area contributed by atoms with Crippen LogP contribution in [0, 0.1) is 0 Å². The maximum Gasteiger partial charge on any atom is 0.128 e. The standard InChI is InChI=1S/C24H26O4/c25-13-7-15-27-23-18-22(20-11-5-2-6-12-20)24(28-16-8-14-26)17-21(23)19-9-3-1-4-10-19/h1-6,9-12,17-18,25-26H,7-8,13-16H2. The summed E-state index contributed by atoms with van der Waals surface area (Å²) >= 11 is 0. The Kier molecular flexibility index (Phi) is 7.47. The molecule has 0 spiro atoms. The van der Waals surface area contributed by atoms with E-state index >= 15 is 0 Å². The summed E-state index contributed by atoms with van der Waals surface area (Å²) < 4.78 is 12.0. The van der Waals surface area contributed by atoms with Crippen molar-refractivity contribution in [3.8, 4) is 33.8 Å². The fraction of sp³-hybridized carbons (Fsp3) is 0.250. The summed E-state index contributed by atoms with van der Waals surface area (Å²) in [5, 5.41) is 18.2. The first kappa shape index (κ1) is 19.9. The maximum absolute atomic E-state index is 9.11. The van der Waals surface area contributed by atoms with E-state index in [1.165, 1.54) is 0 Å². The SMILES string of the molecule is OCCCOc1cc(-c2ccccc2)c(OCCCO)cc1-c1ccccc1. The molecule has 0 aliphatic heterocycles. The van der Waals surface area contributed by atoms with E-state index in [-0.39, 0.29) is 13.2 Å². The third-order valence-corrected chi connectivity index (χ3v) is 4.37. The lowest BCUT2D eigenvalue weighted by Crippen LogP contribution is -2.04. The Morgan fingerprint density at radius 2 is 0.964 bits per heavy atom. The van der Waals surface area contributed by atoms with Crippen LogP contribution in [-0.4, -0.2) is 36.6 Å². The molecule has 0 saturated heterocycles. The van der Waals surface area contributed by atoms with Gasteiger partial charge in [-0.1, -0.05) is 60.7 Å². The van der Waals surface area contributed by atoms with Gasteiger partial charge in [-0.2, -0.15) is 0 Å². The smallest absolute Gasteiger partial charge is 0.128 e. The molecule has 0 radical (unpaired) electrons. The number of ether oxygens (including phenoxy) is 2. The van der Waals surface area contributed by atoms with Crippen LogP contribution in [0.2, 0.25) is 0 Å². The molecule has 3 rings (SSSR count). The highest BCUT2D eigenvalue weighted by atomic mass is 16.5.